The van der Waals surface area contributed by atoms with Crippen molar-refractivity contribution in [1.29, 1.82) is 0 Å². The number of imidazole rings is 1. The van der Waals surface area contributed by atoms with Gasteiger partial charge >= 0.3 is 0 Å². The van der Waals surface area contributed by atoms with E-state index in [1.165, 1.54) is 32.1 Å². The van der Waals surface area contributed by atoms with Gasteiger partial charge < -0.3 is 10.4 Å². The lowest BCUT2D eigenvalue weighted by Gasteiger charge is -2.21. The molecule has 2 N–H and O–H groups in total. The van der Waals surface area contributed by atoms with Crippen molar-refractivity contribution in [2.45, 2.75) is 44.8 Å². The topological polar surface area (TPSA) is 62.5 Å². The average Bonchev–Trinajstić information content (AvgIpc) is 3.16. The molecule has 1 aliphatic rings. The Labute approximate surface area is 139 Å². The fourth-order valence-electron chi connectivity index (χ4n) is 3.26. The van der Waals surface area contributed by atoms with Gasteiger partial charge in [-0.2, -0.15) is 0 Å². The summed E-state index contributed by atoms with van der Waals surface area (Å²) in [6.45, 7) is 0.0146. The number of fused-ring (bicyclic) bond motifs is 1. The summed E-state index contributed by atoms with van der Waals surface area (Å²) in [5.74, 6) is 0. The van der Waals surface area contributed by atoms with Gasteiger partial charge in [-0.25, -0.2) is 9.50 Å². The van der Waals surface area contributed by atoms with Crippen LogP contribution >= 0.6 is 11.3 Å². The highest BCUT2D eigenvalue weighted by atomic mass is 32.1. The van der Waals surface area contributed by atoms with E-state index in [9.17, 15) is 5.11 Å². The van der Waals surface area contributed by atoms with Crippen molar-refractivity contribution in [1.82, 2.24) is 14.6 Å². The van der Waals surface area contributed by atoms with E-state index in [0.717, 1.165) is 26.9 Å². The predicted molar refractivity (Wildman–Crippen MR) is 92.7 cm³/mol. The molecule has 1 aliphatic carbocycles. The Balaban J connectivity index is 1.66. The average molecular weight is 328 g/mol. The molecule has 1 aromatic carbocycles. The molecule has 0 saturated heterocycles. The third-order valence-electron chi connectivity index (χ3n) is 4.48. The maximum atomic E-state index is 9.55. The standard InChI is InChI=1S/C17H20N4OS/c22-11-12-6-4-5-9-14(12)15-10-18-17-21(15)20-16(23-17)19-13-7-2-1-3-8-13/h4-6,9-10,13,22H,1-3,7-8,11H2,(H,19,20). The molecule has 0 radical (unpaired) electrons. The third-order valence-corrected chi connectivity index (χ3v) is 5.34. The molecule has 0 spiro atoms. The number of rotatable bonds is 4. The minimum Gasteiger partial charge on any atom is -0.392 e. The molecule has 0 unspecified atom stereocenters. The Morgan fingerprint density at radius 1 is 1.22 bits per heavy atom. The van der Waals surface area contributed by atoms with Crippen LogP contribution in [0.5, 0.6) is 0 Å². The molecule has 1 fully saturated rings. The van der Waals surface area contributed by atoms with Gasteiger partial charge in [0.1, 0.15) is 0 Å². The zero-order valence-corrected chi connectivity index (χ0v) is 13.7. The van der Waals surface area contributed by atoms with Gasteiger partial charge in [0.2, 0.25) is 10.1 Å². The Hall–Kier alpha value is -1.92. The van der Waals surface area contributed by atoms with Crippen LogP contribution < -0.4 is 5.32 Å². The Morgan fingerprint density at radius 2 is 2.04 bits per heavy atom. The second-order valence-corrected chi connectivity index (χ2v) is 7.00. The molecule has 0 atom stereocenters. The molecule has 3 aromatic rings. The van der Waals surface area contributed by atoms with Crippen LogP contribution in [-0.2, 0) is 6.61 Å². The molecule has 23 heavy (non-hydrogen) atoms. The molecule has 0 aliphatic heterocycles. The Kier molecular flexibility index (Phi) is 4.01. The predicted octanol–water partition coefficient (Wildman–Crippen LogP) is 3.69. The van der Waals surface area contributed by atoms with Crippen molar-refractivity contribution in [2.24, 2.45) is 0 Å². The summed E-state index contributed by atoms with van der Waals surface area (Å²) >= 11 is 1.59. The minimum atomic E-state index is 0.0146. The van der Waals surface area contributed by atoms with E-state index in [0.29, 0.717) is 6.04 Å². The van der Waals surface area contributed by atoms with Crippen LogP contribution in [0.4, 0.5) is 5.13 Å². The largest absolute Gasteiger partial charge is 0.392 e. The minimum absolute atomic E-state index is 0.0146. The number of nitrogens with one attached hydrogen (secondary N) is 1. The molecular weight excluding hydrogens is 308 g/mol. The van der Waals surface area contributed by atoms with E-state index < -0.39 is 0 Å². The van der Waals surface area contributed by atoms with Gasteiger partial charge in [0, 0.05) is 11.6 Å². The SMILES string of the molecule is OCc1ccccc1-c1cnc2sc(NC3CCCCC3)nn12. The van der Waals surface area contributed by atoms with Crippen molar-refractivity contribution < 1.29 is 5.11 Å². The van der Waals surface area contributed by atoms with Crippen LogP contribution in [-0.4, -0.2) is 25.7 Å². The van der Waals surface area contributed by atoms with Crippen LogP contribution in [0, 0.1) is 0 Å². The summed E-state index contributed by atoms with van der Waals surface area (Å²) < 4.78 is 1.88. The molecule has 2 aromatic heterocycles. The van der Waals surface area contributed by atoms with Crippen molar-refractivity contribution >= 4 is 21.4 Å². The maximum Gasteiger partial charge on any atom is 0.214 e. The van der Waals surface area contributed by atoms with E-state index in [-0.39, 0.29) is 6.61 Å². The van der Waals surface area contributed by atoms with Gasteiger partial charge in [0.15, 0.2) is 0 Å². The van der Waals surface area contributed by atoms with Gasteiger partial charge in [-0.1, -0.05) is 54.9 Å². The first-order valence-corrected chi connectivity index (χ1v) is 8.97. The number of aliphatic hydroxyl groups is 1. The van der Waals surface area contributed by atoms with E-state index in [1.54, 1.807) is 11.3 Å². The number of anilines is 1. The molecule has 120 valence electrons. The van der Waals surface area contributed by atoms with Crippen LogP contribution in [0.15, 0.2) is 30.5 Å². The highest BCUT2D eigenvalue weighted by Crippen LogP contribution is 2.29. The highest BCUT2D eigenvalue weighted by Gasteiger charge is 2.17. The second-order valence-electron chi connectivity index (χ2n) is 6.04. The van der Waals surface area contributed by atoms with Crippen molar-refractivity contribution in [3.05, 3.63) is 36.0 Å². The normalized spacial score (nSPS) is 16.0. The lowest BCUT2D eigenvalue weighted by atomic mass is 9.96. The van der Waals surface area contributed by atoms with Crippen molar-refractivity contribution in [3.63, 3.8) is 0 Å². The molecule has 0 bridgehead atoms. The number of nitrogens with zero attached hydrogens (tertiary/aromatic N) is 3. The van der Waals surface area contributed by atoms with E-state index >= 15 is 0 Å². The van der Waals surface area contributed by atoms with Gasteiger partial charge in [0.05, 0.1) is 18.5 Å². The molecule has 4 rings (SSSR count). The summed E-state index contributed by atoms with van der Waals surface area (Å²) in [4.78, 5) is 5.36. The van der Waals surface area contributed by atoms with Crippen LogP contribution in [0.1, 0.15) is 37.7 Å². The molecule has 5 nitrogen and oxygen atoms in total. The number of aliphatic hydroxyl groups excluding tert-OH is 1. The fourth-order valence-corrected chi connectivity index (χ4v) is 4.12. The summed E-state index contributed by atoms with van der Waals surface area (Å²) in [7, 11) is 0. The second kappa shape index (κ2) is 6.29. The lowest BCUT2D eigenvalue weighted by molar-refractivity contribution is 0.282. The van der Waals surface area contributed by atoms with E-state index in [4.69, 9.17) is 5.10 Å². The molecule has 6 heteroatoms. The van der Waals surface area contributed by atoms with Gasteiger partial charge in [-0.3, -0.25) is 0 Å². The first-order valence-electron chi connectivity index (χ1n) is 8.15. The quantitative estimate of drug-likeness (QED) is 0.766. The number of benzene rings is 1. The third kappa shape index (κ3) is 2.84. The monoisotopic (exact) mass is 328 g/mol. The molecule has 0 amide bonds. The van der Waals surface area contributed by atoms with Crippen molar-refractivity contribution in [2.75, 3.05) is 5.32 Å². The van der Waals surface area contributed by atoms with Crippen LogP contribution in [0.25, 0.3) is 16.2 Å². The molecule has 1 saturated carbocycles. The lowest BCUT2D eigenvalue weighted by Crippen LogP contribution is -2.22. The van der Waals surface area contributed by atoms with Crippen LogP contribution in [0.3, 0.4) is 0 Å². The van der Waals surface area contributed by atoms with Gasteiger partial charge in [0.25, 0.3) is 0 Å². The Morgan fingerprint density at radius 3 is 2.87 bits per heavy atom. The van der Waals surface area contributed by atoms with E-state index in [1.807, 2.05) is 35.0 Å². The first kappa shape index (κ1) is 14.7. The molecule has 2 heterocycles. The zero-order valence-electron chi connectivity index (χ0n) is 12.9. The number of hydrogen-bond acceptors (Lipinski definition) is 5. The summed E-state index contributed by atoms with van der Waals surface area (Å²) in [6.07, 6.45) is 8.23. The summed E-state index contributed by atoms with van der Waals surface area (Å²) in [5.41, 5.74) is 2.80. The fraction of sp³-hybridized carbons (Fsp3) is 0.412. The highest BCUT2D eigenvalue weighted by molar-refractivity contribution is 7.20. The summed E-state index contributed by atoms with van der Waals surface area (Å²) in [5, 5.41) is 18.7. The zero-order chi connectivity index (χ0) is 15.6. The smallest absolute Gasteiger partial charge is 0.214 e. The van der Waals surface area contributed by atoms with Crippen molar-refractivity contribution in [3.8, 4) is 11.3 Å². The number of hydrogen-bond donors (Lipinski definition) is 2. The summed E-state index contributed by atoms with van der Waals surface area (Å²) in [6, 6.07) is 8.38. The first-order chi connectivity index (χ1) is 11.3. The van der Waals surface area contributed by atoms with Gasteiger partial charge in [-0.15, -0.1) is 5.10 Å². The van der Waals surface area contributed by atoms with E-state index in [2.05, 4.69) is 10.3 Å². The van der Waals surface area contributed by atoms with Crippen LogP contribution in [0.2, 0.25) is 0 Å². The van der Waals surface area contributed by atoms with Gasteiger partial charge in [-0.05, 0) is 18.4 Å². The Bertz CT molecular complexity index is 804. The number of aromatic nitrogens is 3. The molecular formula is C17H20N4OS. The maximum absolute atomic E-state index is 9.55.